The second kappa shape index (κ2) is 12.1. The van der Waals surface area contributed by atoms with E-state index in [0.29, 0.717) is 11.8 Å². The maximum absolute atomic E-state index is 2.58. The minimum absolute atomic E-state index is 0.121. The average molecular weight is 711 g/mol. The topological polar surface area (TPSA) is 9.86 Å². The van der Waals surface area contributed by atoms with Gasteiger partial charge in [0.25, 0.3) is 0 Å². The van der Waals surface area contributed by atoms with E-state index in [-0.39, 0.29) is 5.41 Å². The normalized spacial score (nSPS) is 19.5. The third-order valence-electron chi connectivity index (χ3n) is 13.2. The van der Waals surface area contributed by atoms with Crippen LogP contribution >= 0.6 is 0 Å². The minimum Gasteiger partial charge on any atom is -0.313 e. The van der Waals surface area contributed by atoms with Crippen molar-refractivity contribution in [2.24, 2.45) is 11.8 Å². The molecule has 2 aromatic heterocycles. The molecule has 268 valence electrons. The molecule has 2 heteroatoms. The molecule has 2 nitrogen and oxygen atoms in total. The van der Waals surface area contributed by atoms with Crippen molar-refractivity contribution >= 4 is 50.2 Å². The van der Waals surface area contributed by atoms with Gasteiger partial charge in [0, 0.05) is 50.1 Å². The molecule has 0 radical (unpaired) electrons. The number of hydrogen-bond acceptors (Lipinski definition) is 0. The van der Waals surface area contributed by atoms with Gasteiger partial charge in [0.1, 0.15) is 0 Å². The molecular weight excluding hydrogens is 665 g/mol. The van der Waals surface area contributed by atoms with Gasteiger partial charge in [-0.25, -0.2) is 0 Å². The van der Waals surface area contributed by atoms with Crippen molar-refractivity contribution in [2.45, 2.75) is 58.8 Å². The number of aromatic nitrogens is 2. The van der Waals surface area contributed by atoms with E-state index in [4.69, 9.17) is 0 Å². The van der Waals surface area contributed by atoms with E-state index in [1.54, 1.807) is 0 Å². The zero-order valence-electron chi connectivity index (χ0n) is 32.2. The molecule has 4 aliphatic carbocycles. The molecule has 0 bridgehead atoms. The lowest BCUT2D eigenvalue weighted by atomic mass is 9.81. The highest BCUT2D eigenvalue weighted by atomic mass is 15.0. The molecular formula is C53H46N2. The molecule has 0 amide bonds. The molecule has 5 aromatic carbocycles. The lowest BCUT2D eigenvalue weighted by Crippen LogP contribution is -2.15. The first-order valence-electron chi connectivity index (χ1n) is 20.3. The van der Waals surface area contributed by atoms with Crippen LogP contribution < -0.4 is 0 Å². The van der Waals surface area contributed by atoms with Gasteiger partial charge >= 0.3 is 0 Å². The van der Waals surface area contributed by atoms with Crippen LogP contribution in [0.3, 0.4) is 0 Å². The first-order valence-corrected chi connectivity index (χ1v) is 20.3. The highest BCUT2D eigenvalue weighted by molar-refractivity contribution is 6.14. The maximum Gasteiger partial charge on any atom is 0.0541 e. The number of benzene rings is 5. The van der Waals surface area contributed by atoms with Crippen LogP contribution in [0.1, 0.15) is 69.3 Å². The van der Waals surface area contributed by atoms with Crippen LogP contribution in [-0.2, 0) is 11.8 Å². The predicted molar refractivity (Wildman–Crippen MR) is 235 cm³/mol. The number of allylic oxidation sites excluding steroid dienone is 9. The van der Waals surface area contributed by atoms with Gasteiger partial charge in [0.2, 0.25) is 0 Å². The lowest BCUT2D eigenvalue weighted by molar-refractivity contribution is 0.661. The Hall–Kier alpha value is -5.86. The zero-order valence-corrected chi connectivity index (χ0v) is 32.2. The third kappa shape index (κ3) is 4.87. The molecule has 0 spiro atoms. The van der Waals surface area contributed by atoms with E-state index in [2.05, 4.69) is 182 Å². The van der Waals surface area contributed by atoms with Gasteiger partial charge in [-0.3, -0.25) is 0 Å². The van der Waals surface area contributed by atoms with Crippen LogP contribution in [0.2, 0.25) is 0 Å². The zero-order chi connectivity index (χ0) is 37.0. The van der Waals surface area contributed by atoms with E-state index in [1.807, 2.05) is 0 Å². The summed E-state index contributed by atoms with van der Waals surface area (Å²) in [5.41, 5.74) is 19.9. The van der Waals surface area contributed by atoms with Crippen LogP contribution in [0.25, 0.3) is 83.6 Å². The summed E-state index contributed by atoms with van der Waals surface area (Å²) in [6.45, 7) is 9.49. The van der Waals surface area contributed by atoms with Gasteiger partial charge in [0.15, 0.2) is 0 Å². The van der Waals surface area contributed by atoms with Crippen molar-refractivity contribution in [3.63, 3.8) is 0 Å². The van der Waals surface area contributed by atoms with Crippen LogP contribution in [0.4, 0.5) is 0 Å². The molecule has 7 aromatic rings. The molecule has 2 heterocycles. The second-order valence-corrected chi connectivity index (χ2v) is 17.0. The lowest BCUT2D eigenvalue weighted by Gasteiger charge is -2.23. The molecule has 4 aliphatic rings. The first-order chi connectivity index (χ1) is 26.8. The van der Waals surface area contributed by atoms with Crippen LogP contribution in [0, 0.1) is 11.8 Å². The fourth-order valence-corrected chi connectivity index (χ4v) is 10.1. The third-order valence-corrected chi connectivity index (χ3v) is 13.2. The summed E-state index contributed by atoms with van der Waals surface area (Å²) in [6, 6.07) is 37.3. The van der Waals surface area contributed by atoms with Crippen molar-refractivity contribution in [1.29, 1.82) is 0 Å². The number of nitrogens with zero attached hydrogens (tertiary/aromatic N) is 2. The van der Waals surface area contributed by atoms with Crippen molar-refractivity contribution < 1.29 is 0 Å². The molecule has 0 aliphatic heterocycles. The number of fused-ring (bicyclic) bond motifs is 9. The summed E-state index contributed by atoms with van der Waals surface area (Å²) in [4.78, 5) is 0. The summed E-state index contributed by atoms with van der Waals surface area (Å²) in [6.07, 6.45) is 23.0. The summed E-state index contributed by atoms with van der Waals surface area (Å²) in [7, 11) is 0. The number of hydrogen-bond donors (Lipinski definition) is 0. The van der Waals surface area contributed by atoms with Crippen molar-refractivity contribution in [3.05, 3.63) is 162 Å². The molecule has 2 atom stereocenters. The van der Waals surface area contributed by atoms with Gasteiger partial charge in [0.05, 0.1) is 16.6 Å². The van der Waals surface area contributed by atoms with Crippen molar-refractivity contribution in [1.82, 2.24) is 9.13 Å². The Labute approximate surface area is 324 Å². The Balaban J connectivity index is 1.11. The van der Waals surface area contributed by atoms with E-state index >= 15 is 0 Å². The van der Waals surface area contributed by atoms with E-state index in [9.17, 15) is 0 Å². The minimum atomic E-state index is -0.121. The standard InChI is InChI=1S/C53H46N2/c1-33-18-23-39(24-19-33)54-49-17-11-9-15-41(49)43-28-36(21-26-50(43)54)37-22-27-51-44(29-37)45-31-42-40-25-20-38(35-13-6-5-7-14-35)30-46(40)53(3,4)47(42)32-52(45)55(51)48-16-10-8-12-34(48)2/h5-10,13-16,18,20-34H,11-12,17,19H2,1-4H3. The largest absolute Gasteiger partial charge is 0.313 e. The van der Waals surface area contributed by atoms with Crippen LogP contribution in [0.5, 0.6) is 0 Å². The monoisotopic (exact) mass is 710 g/mol. The maximum atomic E-state index is 2.58. The summed E-state index contributed by atoms with van der Waals surface area (Å²) >= 11 is 0. The second-order valence-electron chi connectivity index (χ2n) is 17.0. The smallest absolute Gasteiger partial charge is 0.0541 e. The van der Waals surface area contributed by atoms with E-state index < -0.39 is 0 Å². The Morgan fingerprint density at radius 2 is 1.35 bits per heavy atom. The fraction of sp³-hybridized carbons (Fsp3) is 0.208. The molecule has 0 saturated carbocycles. The first kappa shape index (κ1) is 32.6. The van der Waals surface area contributed by atoms with Gasteiger partial charge in [-0.15, -0.1) is 0 Å². The Morgan fingerprint density at radius 1 is 0.618 bits per heavy atom. The molecule has 55 heavy (non-hydrogen) atoms. The van der Waals surface area contributed by atoms with Gasteiger partial charge < -0.3 is 9.13 Å². The molecule has 11 rings (SSSR count). The van der Waals surface area contributed by atoms with Crippen molar-refractivity contribution in [3.8, 4) is 33.4 Å². The highest BCUT2D eigenvalue weighted by Gasteiger charge is 2.37. The Morgan fingerprint density at radius 3 is 2.13 bits per heavy atom. The van der Waals surface area contributed by atoms with E-state index in [0.717, 1.165) is 25.7 Å². The van der Waals surface area contributed by atoms with Gasteiger partial charge in [-0.2, -0.15) is 0 Å². The SMILES string of the molecule is CC1C=CC(n2c3c(c4cc(-c5ccc6c(c5)c5cc7c(cc5n6C5=CC=CCC5C)C(C)(C)c5cc(-c6ccccc6)ccc5-7)ccc42)C=CCC3)=CC1. The van der Waals surface area contributed by atoms with Gasteiger partial charge in [-0.05, 0) is 131 Å². The van der Waals surface area contributed by atoms with Crippen LogP contribution in [0.15, 0.2) is 140 Å². The summed E-state index contributed by atoms with van der Waals surface area (Å²) < 4.78 is 5.11. The predicted octanol–water partition coefficient (Wildman–Crippen LogP) is 14.2. The average Bonchev–Trinajstić information content (AvgIpc) is 3.80. The van der Waals surface area contributed by atoms with Crippen molar-refractivity contribution in [2.75, 3.05) is 0 Å². The summed E-state index contributed by atoms with van der Waals surface area (Å²) in [5, 5.41) is 3.99. The van der Waals surface area contributed by atoms with Crippen LogP contribution in [-0.4, -0.2) is 9.13 Å². The summed E-state index contributed by atoms with van der Waals surface area (Å²) in [5.74, 6) is 1.02. The Kier molecular flexibility index (Phi) is 7.15. The molecule has 2 unspecified atom stereocenters. The van der Waals surface area contributed by atoms with E-state index in [1.165, 1.54) is 99.9 Å². The van der Waals surface area contributed by atoms with Gasteiger partial charge in [-0.1, -0.05) is 119 Å². The molecule has 0 N–H and O–H groups in total. The number of rotatable bonds is 4. The quantitative estimate of drug-likeness (QED) is 0.172. The fourth-order valence-electron chi connectivity index (χ4n) is 10.1. The Bertz CT molecular complexity index is 2910. The molecule has 0 fully saturated rings. The highest BCUT2D eigenvalue weighted by Crippen LogP contribution is 2.52. The molecule has 0 saturated heterocycles.